The average Bonchev–Trinajstić information content (AvgIpc) is 3.16. The molecule has 0 bridgehead atoms. The number of benzene rings is 1. The van der Waals surface area contributed by atoms with Gasteiger partial charge in [0.15, 0.2) is 0 Å². The number of aromatic nitrogens is 2. The van der Waals surface area contributed by atoms with Gasteiger partial charge < -0.3 is 4.98 Å². The maximum absolute atomic E-state index is 14.1. The summed E-state index contributed by atoms with van der Waals surface area (Å²) in [6, 6.07) is 5.29. The van der Waals surface area contributed by atoms with E-state index in [0.717, 1.165) is 41.1 Å². The van der Waals surface area contributed by atoms with Crippen molar-refractivity contribution < 1.29 is 12.8 Å². The molecule has 5 rings (SSSR count). The molecule has 1 fully saturated rings. The number of nitrogens with one attached hydrogen (secondary N) is 1. The third-order valence-electron chi connectivity index (χ3n) is 6.85. The Kier molecular flexibility index (Phi) is 5.88. The van der Waals surface area contributed by atoms with E-state index in [0.29, 0.717) is 24.8 Å². The van der Waals surface area contributed by atoms with Gasteiger partial charge in [-0.05, 0) is 49.8 Å². The van der Waals surface area contributed by atoms with Crippen LogP contribution in [0.4, 0.5) is 4.39 Å². The van der Waals surface area contributed by atoms with Gasteiger partial charge in [0, 0.05) is 31.1 Å². The molecule has 0 unspecified atom stereocenters. The van der Waals surface area contributed by atoms with Crippen LogP contribution in [0.2, 0.25) is 0 Å². The number of fused-ring (bicyclic) bond motifs is 3. The molecule has 2 aromatic heterocycles. The number of nitrogens with zero attached hydrogens (tertiary/aromatic N) is 3. The van der Waals surface area contributed by atoms with Crippen molar-refractivity contribution in [2.24, 2.45) is 5.92 Å². The lowest BCUT2D eigenvalue weighted by Gasteiger charge is -2.36. The summed E-state index contributed by atoms with van der Waals surface area (Å²) in [5.41, 5.74) is 1.07. The summed E-state index contributed by atoms with van der Waals surface area (Å²) >= 11 is 1.63. The summed E-state index contributed by atoms with van der Waals surface area (Å²) in [5, 5.41) is 0.735. The fraction of sp³-hybridized carbons (Fsp3) is 0.478. The van der Waals surface area contributed by atoms with Crippen LogP contribution in [-0.4, -0.2) is 53.8 Å². The fourth-order valence-electron chi connectivity index (χ4n) is 4.86. The van der Waals surface area contributed by atoms with Crippen molar-refractivity contribution in [3.63, 3.8) is 0 Å². The van der Waals surface area contributed by atoms with Crippen LogP contribution in [-0.2, 0) is 22.9 Å². The molecule has 1 N–H and O–H groups in total. The predicted molar refractivity (Wildman–Crippen MR) is 127 cm³/mol. The minimum absolute atomic E-state index is 0.0883. The SMILES string of the molecule is C[C@H]1CCc2c(sc3nc([C@@H](C)N4CCN(S(=O)(=O)c5ccccc5F)CC4)[nH]c(=O)c23)C1. The number of piperazine rings is 1. The molecule has 10 heteroatoms. The normalized spacial score (nSPS) is 21.2. The molecule has 1 aromatic carbocycles. The van der Waals surface area contributed by atoms with Crippen molar-refractivity contribution in [2.75, 3.05) is 26.2 Å². The number of sulfonamides is 1. The Balaban J connectivity index is 1.35. The van der Waals surface area contributed by atoms with Crippen molar-refractivity contribution in [3.8, 4) is 0 Å². The monoisotopic (exact) mass is 490 g/mol. The highest BCUT2D eigenvalue weighted by atomic mass is 32.2. The fourth-order valence-corrected chi connectivity index (χ4v) is 7.74. The van der Waals surface area contributed by atoms with Gasteiger partial charge in [0.25, 0.3) is 5.56 Å². The van der Waals surface area contributed by atoms with Gasteiger partial charge in [0.1, 0.15) is 21.4 Å². The van der Waals surface area contributed by atoms with Crippen LogP contribution in [0.15, 0.2) is 34.0 Å². The van der Waals surface area contributed by atoms with Crippen molar-refractivity contribution in [2.45, 2.75) is 44.0 Å². The minimum Gasteiger partial charge on any atom is -0.309 e. The van der Waals surface area contributed by atoms with E-state index in [1.165, 1.54) is 27.4 Å². The minimum atomic E-state index is -3.89. The zero-order chi connectivity index (χ0) is 23.3. The number of aromatic amines is 1. The zero-order valence-electron chi connectivity index (χ0n) is 18.7. The van der Waals surface area contributed by atoms with Crippen LogP contribution in [0.5, 0.6) is 0 Å². The topological polar surface area (TPSA) is 86.4 Å². The number of thiophene rings is 1. The number of rotatable bonds is 4. The second kappa shape index (κ2) is 8.57. The molecule has 33 heavy (non-hydrogen) atoms. The molecule has 1 aliphatic heterocycles. The third kappa shape index (κ3) is 4.03. The molecule has 1 saturated heterocycles. The van der Waals surface area contributed by atoms with Gasteiger partial charge in [0.05, 0.1) is 11.4 Å². The van der Waals surface area contributed by atoms with E-state index in [1.807, 2.05) is 6.92 Å². The second-order valence-corrected chi connectivity index (χ2v) is 12.0. The molecule has 3 aromatic rings. The number of halogens is 1. The van der Waals surface area contributed by atoms with Crippen molar-refractivity contribution in [1.29, 1.82) is 0 Å². The lowest BCUT2D eigenvalue weighted by Crippen LogP contribution is -2.49. The van der Waals surface area contributed by atoms with E-state index >= 15 is 0 Å². The van der Waals surface area contributed by atoms with Crippen molar-refractivity contribution >= 4 is 31.6 Å². The maximum atomic E-state index is 14.1. The maximum Gasteiger partial charge on any atom is 0.259 e. The summed E-state index contributed by atoms with van der Waals surface area (Å²) in [5.74, 6) is 0.487. The molecule has 2 aliphatic rings. The first kappa shape index (κ1) is 22.6. The molecule has 2 atom stereocenters. The van der Waals surface area contributed by atoms with E-state index in [1.54, 1.807) is 11.3 Å². The second-order valence-electron chi connectivity index (χ2n) is 9.03. The molecule has 176 valence electrons. The van der Waals surface area contributed by atoms with E-state index < -0.39 is 15.8 Å². The highest BCUT2D eigenvalue weighted by Gasteiger charge is 2.33. The average molecular weight is 491 g/mol. The number of H-pyrrole nitrogens is 1. The Bertz CT molecular complexity index is 1360. The summed E-state index contributed by atoms with van der Waals surface area (Å²) < 4.78 is 41.2. The van der Waals surface area contributed by atoms with Crippen molar-refractivity contribution in [1.82, 2.24) is 19.2 Å². The third-order valence-corrected chi connectivity index (χ3v) is 9.94. The van der Waals surface area contributed by atoms with E-state index in [2.05, 4.69) is 16.8 Å². The molecular weight excluding hydrogens is 463 g/mol. The van der Waals surface area contributed by atoms with Gasteiger partial charge in [-0.15, -0.1) is 11.3 Å². The van der Waals surface area contributed by atoms with Crippen LogP contribution < -0.4 is 5.56 Å². The number of hydrogen-bond acceptors (Lipinski definition) is 6. The Morgan fingerprint density at radius 3 is 2.67 bits per heavy atom. The van der Waals surface area contributed by atoms with Crippen LogP contribution in [0.1, 0.15) is 42.6 Å². The standard InChI is InChI=1S/C23H27FN4O3S2/c1-14-7-8-16-18(13-14)32-23-20(16)22(29)25-21(26-23)15(2)27-9-11-28(12-10-27)33(30,31)19-6-4-3-5-17(19)24/h3-6,14-15H,7-13H2,1-2H3,(H,25,26,29)/t14-,15+/m0/s1. The first-order valence-electron chi connectivity index (χ1n) is 11.3. The van der Waals surface area contributed by atoms with Gasteiger partial charge in [-0.3, -0.25) is 9.69 Å². The largest absolute Gasteiger partial charge is 0.309 e. The summed E-state index contributed by atoms with van der Waals surface area (Å²) in [6.45, 7) is 5.65. The first-order chi connectivity index (χ1) is 15.8. The molecule has 0 saturated carbocycles. The van der Waals surface area contributed by atoms with Crippen LogP contribution in [0, 0.1) is 11.7 Å². The molecule has 0 radical (unpaired) electrons. The van der Waals surface area contributed by atoms with E-state index in [4.69, 9.17) is 4.98 Å². The Morgan fingerprint density at radius 1 is 1.21 bits per heavy atom. The van der Waals surface area contributed by atoms with E-state index in [-0.39, 0.29) is 29.6 Å². The van der Waals surface area contributed by atoms with Crippen LogP contribution >= 0.6 is 11.3 Å². The van der Waals surface area contributed by atoms with Gasteiger partial charge in [-0.25, -0.2) is 17.8 Å². The van der Waals surface area contributed by atoms with Crippen LogP contribution in [0.25, 0.3) is 10.2 Å². The zero-order valence-corrected chi connectivity index (χ0v) is 20.3. The molecule has 0 spiro atoms. The molecule has 7 nitrogen and oxygen atoms in total. The number of aryl methyl sites for hydroxylation is 1. The molecule has 0 amide bonds. The quantitative estimate of drug-likeness (QED) is 0.606. The summed E-state index contributed by atoms with van der Waals surface area (Å²) in [6.07, 6.45) is 3.02. The van der Waals surface area contributed by atoms with Gasteiger partial charge in [0.2, 0.25) is 10.0 Å². The highest BCUT2D eigenvalue weighted by molar-refractivity contribution is 7.89. The summed E-state index contributed by atoms with van der Waals surface area (Å²) in [4.78, 5) is 24.6. The Morgan fingerprint density at radius 2 is 1.94 bits per heavy atom. The Labute approximate surface area is 196 Å². The van der Waals surface area contributed by atoms with Gasteiger partial charge in [-0.1, -0.05) is 19.1 Å². The number of hydrogen-bond donors (Lipinski definition) is 1. The van der Waals surface area contributed by atoms with Gasteiger partial charge in [-0.2, -0.15) is 4.31 Å². The molecule has 1 aliphatic carbocycles. The Hall–Kier alpha value is -2.14. The van der Waals surface area contributed by atoms with Gasteiger partial charge >= 0.3 is 0 Å². The van der Waals surface area contributed by atoms with E-state index in [9.17, 15) is 17.6 Å². The predicted octanol–water partition coefficient (Wildman–Crippen LogP) is 3.32. The smallest absolute Gasteiger partial charge is 0.259 e. The molecule has 3 heterocycles. The first-order valence-corrected chi connectivity index (χ1v) is 13.5. The lowest BCUT2D eigenvalue weighted by atomic mass is 9.89. The van der Waals surface area contributed by atoms with Crippen molar-refractivity contribution in [3.05, 3.63) is 56.7 Å². The highest BCUT2D eigenvalue weighted by Crippen LogP contribution is 2.36. The molecular formula is C23H27FN4O3S2. The lowest BCUT2D eigenvalue weighted by molar-refractivity contribution is 0.141. The van der Waals surface area contributed by atoms with Crippen LogP contribution in [0.3, 0.4) is 0 Å². The summed E-state index contributed by atoms with van der Waals surface area (Å²) in [7, 11) is -3.89.